The van der Waals surface area contributed by atoms with Crippen LogP contribution in [0, 0.1) is 11.8 Å². The fraction of sp³-hybridized carbons (Fsp3) is 0.562. The molecule has 5 heteroatoms. The molecule has 2 aliphatic rings. The molecule has 2 heterocycles. The van der Waals surface area contributed by atoms with Gasteiger partial charge in [-0.15, -0.1) is 0 Å². The summed E-state index contributed by atoms with van der Waals surface area (Å²) in [6, 6.07) is 5.56. The van der Waals surface area contributed by atoms with Crippen LogP contribution in [0.4, 0.5) is 0 Å². The van der Waals surface area contributed by atoms with Crippen molar-refractivity contribution in [2.45, 2.75) is 12.8 Å². The fourth-order valence-electron chi connectivity index (χ4n) is 3.39. The summed E-state index contributed by atoms with van der Waals surface area (Å²) in [5.41, 5.74) is 0.694. The third-order valence-electron chi connectivity index (χ3n) is 4.71. The molecule has 0 unspecified atom stereocenters. The quantitative estimate of drug-likeness (QED) is 0.889. The highest BCUT2D eigenvalue weighted by Gasteiger charge is 2.32. The van der Waals surface area contributed by atoms with E-state index in [1.165, 1.54) is 0 Å². The zero-order valence-electron chi connectivity index (χ0n) is 12.3. The van der Waals surface area contributed by atoms with Gasteiger partial charge in [-0.25, -0.2) is 0 Å². The molecule has 0 saturated carbocycles. The molecule has 1 aromatic carbocycles. The van der Waals surface area contributed by atoms with Crippen LogP contribution >= 0.6 is 15.9 Å². The standard InChI is InChI=1S/C16H21BrN2O2/c1-21-13-2-3-15(17)14(8-13)16(20)19-6-4-11-9-18-10-12(11)5-7-19/h2-3,8,11-12,18H,4-7,9-10H2,1H3/t11-,12+. The predicted molar refractivity (Wildman–Crippen MR) is 85.7 cm³/mol. The molecule has 1 aromatic rings. The van der Waals surface area contributed by atoms with Gasteiger partial charge in [-0.2, -0.15) is 0 Å². The van der Waals surface area contributed by atoms with Crippen molar-refractivity contribution in [1.29, 1.82) is 0 Å². The highest BCUT2D eigenvalue weighted by molar-refractivity contribution is 9.10. The number of hydrogen-bond acceptors (Lipinski definition) is 3. The summed E-state index contributed by atoms with van der Waals surface area (Å²) in [5, 5.41) is 3.46. The van der Waals surface area contributed by atoms with E-state index in [4.69, 9.17) is 4.74 Å². The topological polar surface area (TPSA) is 41.6 Å². The maximum atomic E-state index is 12.8. The third kappa shape index (κ3) is 3.09. The van der Waals surface area contributed by atoms with E-state index in [0.717, 1.165) is 61.1 Å². The van der Waals surface area contributed by atoms with Crippen LogP contribution in [0.5, 0.6) is 5.75 Å². The van der Waals surface area contributed by atoms with Crippen LogP contribution in [0.2, 0.25) is 0 Å². The van der Waals surface area contributed by atoms with E-state index in [0.29, 0.717) is 5.56 Å². The number of benzene rings is 1. The predicted octanol–water partition coefficient (Wildman–Crippen LogP) is 2.53. The highest BCUT2D eigenvalue weighted by atomic mass is 79.9. The summed E-state index contributed by atoms with van der Waals surface area (Å²) >= 11 is 3.48. The van der Waals surface area contributed by atoms with Gasteiger partial charge in [0.2, 0.25) is 0 Å². The average Bonchev–Trinajstić information content (AvgIpc) is 2.86. The van der Waals surface area contributed by atoms with Gasteiger partial charge in [0.05, 0.1) is 12.7 Å². The number of ether oxygens (including phenoxy) is 1. The Kier molecular flexibility index (Phi) is 4.50. The second-order valence-corrected chi connectivity index (χ2v) is 6.75. The van der Waals surface area contributed by atoms with Crippen LogP contribution in [0.15, 0.2) is 22.7 Å². The second kappa shape index (κ2) is 6.36. The van der Waals surface area contributed by atoms with Crippen molar-refractivity contribution < 1.29 is 9.53 Å². The van der Waals surface area contributed by atoms with Gasteiger partial charge < -0.3 is 15.0 Å². The summed E-state index contributed by atoms with van der Waals surface area (Å²) < 4.78 is 6.07. The number of fused-ring (bicyclic) bond motifs is 1. The number of nitrogens with zero attached hydrogens (tertiary/aromatic N) is 1. The molecule has 2 fully saturated rings. The van der Waals surface area contributed by atoms with E-state index >= 15 is 0 Å². The molecule has 3 rings (SSSR count). The molecule has 21 heavy (non-hydrogen) atoms. The minimum Gasteiger partial charge on any atom is -0.497 e. The van der Waals surface area contributed by atoms with Crippen molar-refractivity contribution in [3.8, 4) is 5.75 Å². The monoisotopic (exact) mass is 352 g/mol. The lowest BCUT2D eigenvalue weighted by molar-refractivity contribution is 0.0757. The maximum absolute atomic E-state index is 12.8. The number of methoxy groups -OCH3 is 1. The number of carbonyl (C=O) groups is 1. The van der Waals surface area contributed by atoms with Gasteiger partial charge in [0.15, 0.2) is 0 Å². The molecule has 0 radical (unpaired) electrons. The first-order valence-corrected chi connectivity index (χ1v) is 8.32. The molecule has 0 bridgehead atoms. The number of amides is 1. The van der Waals surface area contributed by atoms with Crippen molar-refractivity contribution in [1.82, 2.24) is 10.2 Å². The Morgan fingerprint density at radius 3 is 2.57 bits per heavy atom. The van der Waals surface area contributed by atoms with Crippen LogP contribution in [0.1, 0.15) is 23.2 Å². The van der Waals surface area contributed by atoms with E-state index in [-0.39, 0.29) is 5.91 Å². The third-order valence-corrected chi connectivity index (χ3v) is 5.40. The van der Waals surface area contributed by atoms with Crippen molar-refractivity contribution in [2.75, 3.05) is 33.3 Å². The lowest BCUT2D eigenvalue weighted by Gasteiger charge is -2.22. The Bertz CT molecular complexity index is 521. The van der Waals surface area contributed by atoms with Crippen LogP contribution < -0.4 is 10.1 Å². The first-order chi connectivity index (χ1) is 10.2. The van der Waals surface area contributed by atoms with E-state index in [2.05, 4.69) is 21.2 Å². The minimum absolute atomic E-state index is 0.105. The summed E-state index contributed by atoms with van der Waals surface area (Å²) in [4.78, 5) is 14.8. The van der Waals surface area contributed by atoms with E-state index in [9.17, 15) is 4.79 Å². The zero-order chi connectivity index (χ0) is 14.8. The molecular formula is C16H21BrN2O2. The van der Waals surface area contributed by atoms with Crippen LogP contribution in [-0.2, 0) is 0 Å². The van der Waals surface area contributed by atoms with Crippen LogP contribution in [-0.4, -0.2) is 44.1 Å². The Balaban J connectivity index is 1.76. The summed E-state index contributed by atoms with van der Waals surface area (Å²) in [7, 11) is 1.62. The molecule has 0 aliphatic carbocycles. The normalized spacial score (nSPS) is 25.3. The number of likely N-dealkylation sites (tertiary alicyclic amines) is 1. The number of nitrogens with one attached hydrogen (secondary N) is 1. The Labute approximate surface area is 134 Å². The Hall–Kier alpha value is -1.07. The van der Waals surface area contributed by atoms with Gasteiger partial charge in [-0.3, -0.25) is 4.79 Å². The highest BCUT2D eigenvalue weighted by Crippen LogP contribution is 2.29. The molecule has 4 nitrogen and oxygen atoms in total. The number of rotatable bonds is 2. The molecule has 2 aliphatic heterocycles. The smallest absolute Gasteiger partial charge is 0.255 e. The molecule has 0 spiro atoms. The number of hydrogen-bond donors (Lipinski definition) is 1. The first-order valence-electron chi connectivity index (χ1n) is 7.52. The average molecular weight is 353 g/mol. The van der Waals surface area contributed by atoms with Crippen molar-refractivity contribution in [3.63, 3.8) is 0 Å². The zero-order valence-corrected chi connectivity index (χ0v) is 13.9. The van der Waals surface area contributed by atoms with Crippen molar-refractivity contribution in [3.05, 3.63) is 28.2 Å². The minimum atomic E-state index is 0.105. The largest absolute Gasteiger partial charge is 0.497 e. The lowest BCUT2D eigenvalue weighted by atomic mass is 9.92. The Morgan fingerprint density at radius 1 is 1.29 bits per heavy atom. The van der Waals surface area contributed by atoms with E-state index in [1.54, 1.807) is 7.11 Å². The lowest BCUT2D eigenvalue weighted by Crippen LogP contribution is -2.33. The molecular weight excluding hydrogens is 332 g/mol. The molecule has 114 valence electrons. The fourth-order valence-corrected chi connectivity index (χ4v) is 3.80. The van der Waals surface area contributed by atoms with Crippen LogP contribution in [0.25, 0.3) is 0 Å². The van der Waals surface area contributed by atoms with Gasteiger partial charge in [0, 0.05) is 17.6 Å². The van der Waals surface area contributed by atoms with Gasteiger partial charge >= 0.3 is 0 Å². The number of carbonyl (C=O) groups excluding carboxylic acids is 1. The van der Waals surface area contributed by atoms with Gasteiger partial charge in [0.25, 0.3) is 5.91 Å². The molecule has 1 amide bonds. The summed E-state index contributed by atoms with van der Waals surface area (Å²) in [5.74, 6) is 2.29. The van der Waals surface area contributed by atoms with Crippen molar-refractivity contribution >= 4 is 21.8 Å². The van der Waals surface area contributed by atoms with Gasteiger partial charge in [-0.05, 0) is 71.9 Å². The maximum Gasteiger partial charge on any atom is 0.255 e. The second-order valence-electron chi connectivity index (χ2n) is 5.89. The SMILES string of the molecule is COc1ccc(Br)c(C(=O)N2CC[C@@H]3CNC[C@@H]3CC2)c1. The molecule has 2 saturated heterocycles. The van der Waals surface area contributed by atoms with Gasteiger partial charge in [-0.1, -0.05) is 0 Å². The van der Waals surface area contributed by atoms with Gasteiger partial charge in [0.1, 0.15) is 5.75 Å². The van der Waals surface area contributed by atoms with Crippen LogP contribution in [0.3, 0.4) is 0 Å². The van der Waals surface area contributed by atoms with E-state index in [1.807, 2.05) is 23.1 Å². The summed E-state index contributed by atoms with van der Waals surface area (Å²) in [6.07, 6.45) is 2.20. The first kappa shape index (κ1) is 14.9. The molecule has 0 aromatic heterocycles. The van der Waals surface area contributed by atoms with E-state index < -0.39 is 0 Å². The number of halogens is 1. The Morgan fingerprint density at radius 2 is 1.95 bits per heavy atom. The molecule has 1 N–H and O–H groups in total. The van der Waals surface area contributed by atoms with Crippen molar-refractivity contribution in [2.24, 2.45) is 11.8 Å². The molecule has 2 atom stereocenters. The summed E-state index contributed by atoms with van der Waals surface area (Å²) in [6.45, 7) is 3.92.